The fourth-order valence-corrected chi connectivity index (χ4v) is 6.94. The highest BCUT2D eigenvalue weighted by Crippen LogP contribution is 2.33. The zero-order valence-electron chi connectivity index (χ0n) is 18.5. The van der Waals surface area contributed by atoms with E-state index in [2.05, 4.69) is 20.6 Å². The molecule has 0 atom stereocenters. The second-order valence-electron chi connectivity index (χ2n) is 7.97. The molecule has 1 saturated carbocycles. The first-order valence-corrected chi connectivity index (χ1v) is 14.4. The van der Waals surface area contributed by atoms with E-state index in [9.17, 15) is 18.0 Å². The maximum Gasteiger partial charge on any atom is 0.325 e. The number of sulfone groups is 1. The molecule has 2 N–H and O–H groups in total. The van der Waals surface area contributed by atoms with Crippen LogP contribution in [0.25, 0.3) is 0 Å². The largest absolute Gasteiger partial charge is 0.325 e. The third-order valence-electron chi connectivity index (χ3n) is 5.40. The van der Waals surface area contributed by atoms with Gasteiger partial charge in [0.15, 0.2) is 20.8 Å². The smallest absolute Gasteiger partial charge is 0.307 e. The lowest BCUT2D eigenvalue weighted by Gasteiger charge is -2.13. The van der Waals surface area contributed by atoms with Crippen LogP contribution in [-0.4, -0.2) is 36.5 Å². The van der Waals surface area contributed by atoms with Crippen molar-refractivity contribution in [3.63, 3.8) is 0 Å². The molecule has 2 aromatic heterocycles. The highest BCUT2D eigenvalue weighted by molar-refractivity contribution is 7.98. The minimum absolute atomic E-state index is 0.0188. The van der Waals surface area contributed by atoms with Crippen molar-refractivity contribution in [1.29, 1.82) is 0 Å². The summed E-state index contributed by atoms with van der Waals surface area (Å²) < 4.78 is 24.7. The predicted octanol–water partition coefficient (Wildman–Crippen LogP) is 5.25. The van der Waals surface area contributed by atoms with E-state index in [0.29, 0.717) is 22.7 Å². The van der Waals surface area contributed by atoms with Crippen molar-refractivity contribution in [2.45, 2.75) is 40.5 Å². The molecule has 0 aliphatic heterocycles. The molecule has 3 aromatic rings. The van der Waals surface area contributed by atoms with E-state index in [-0.39, 0.29) is 21.0 Å². The van der Waals surface area contributed by atoms with Crippen LogP contribution in [0.5, 0.6) is 0 Å². The second-order valence-corrected chi connectivity index (χ2v) is 12.2. The SMILES string of the molecule is CS(=O)(=O)c1sc(NC(=O)Nc2ccncc2C(=O)C2CCCC2)nc1CSc1ccccc1. The van der Waals surface area contributed by atoms with Gasteiger partial charge in [0.25, 0.3) is 0 Å². The summed E-state index contributed by atoms with van der Waals surface area (Å²) >= 11 is 2.37. The van der Waals surface area contributed by atoms with Crippen LogP contribution in [0.3, 0.4) is 0 Å². The number of ketones is 1. The summed E-state index contributed by atoms with van der Waals surface area (Å²) in [5.41, 5.74) is 1.13. The van der Waals surface area contributed by atoms with Gasteiger partial charge in [-0.25, -0.2) is 18.2 Å². The minimum Gasteiger partial charge on any atom is -0.307 e. The molecule has 8 nitrogen and oxygen atoms in total. The van der Waals surface area contributed by atoms with Crippen LogP contribution in [0, 0.1) is 5.92 Å². The number of carbonyl (C=O) groups is 2. The second kappa shape index (κ2) is 10.7. The first-order valence-electron chi connectivity index (χ1n) is 10.7. The van der Waals surface area contributed by atoms with E-state index >= 15 is 0 Å². The normalized spacial score (nSPS) is 14.1. The number of nitrogens with one attached hydrogen (secondary N) is 2. The Morgan fingerprint density at radius 3 is 2.56 bits per heavy atom. The molecule has 0 spiro atoms. The molecule has 1 aromatic carbocycles. The van der Waals surface area contributed by atoms with E-state index in [1.54, 1.807) is 6.07 Å². The number of thiazole rings is 1. The van der Waals surface area contributed by atoms with Crippen molar-refractivity contribution >= 4 is 55.6 Å². The number of hydrogen-bond acceptors (Lipinski definition) is 8. The number of urea groups is 1. The van der Waals surface area contributed by atoms with Gasteiger partial charge < -0.3 is 5.32 Å². The maximum absolute atomic E-state index is 12.9. The zero-order chi connectivity index (χ0) is 24.1. The van der Waals surface area contributed by atoms with Gasteiger partial charge in [-0.3, -0.25) is 15.1 Å². The third-order valence-corrected chi connectivity index (χ3v) is 9.30. The molecule has 1 fully saturated rings. The Morgan fingerprint density at radius 1 is 1.12 bits per heavy atom. The Morgan fingerprint density at radius 2 is 1.85 bits per heavy atom. The summed E-state index contributed by atoms with van der Waals surface area (Å²) in [6.07, 6.45) is 7.84. The molecule has 2 amide bonds. The lowest BCUT2D eigenvalue weighted by molar-refractivity contribution is 0.0923. The number of nitrogens with zero attached hydrogens (tertiary/aromatic N) is 2. The topological polar surface area (TPSA) is 118 Å². The highest BCUT2D eigenvalue weighted by Gasteiger charge is 2.26. The molecule has 0 radical (unpaired) electrons. The monoisotopic (exact) mass is 516 g/mol. The molecule has 4 rings (SSSR count). The fourth-order valence-electron chi connectivity index (χ4n) is 3.80. The van der Waals surface area contributed by atoms with Gasteiger partial charge >= 0.3 is 6.03 Å². The van der Waals surface area contributed by atoms with Crippen LogP contribution in [0.2, 0.25) is 0 Å². The molecule has 11 heteroatoms. The van der Waals surface area contributed by atoms with Crippen LogP contribution < -0.4 is 10.6 Å². The Bertz CT molecular complexity index is 1290. The summed E-state index contributed by atoms with van der Waals surface area (Å²) in [7, 11) is -3.52. The molecule has 34 heavy (non-hydrogen) atoms. The lowest BCUT2D eigenvalue weighted by Crippen LogP contribution is -2.22. The Kier molecular flexibility index (Phi) is 7.64. The molecular formula is C23H24N4O4S3. The number of aromatic nitrogens is 2. The number of rotatable bonds is 8. The average molecular weight is 517 g/mol. The number of carbonyl (C=O) groups excluding carboxylic acids is 2. The third kappa shape index (κ3) is 6.02. The van der Waals surface area contributed by atoms with Gasteiger partial charge in [-0.05, 0) is 31.0 Å². The predicted molar refractivity (Wildman–Crippen MR) is 134 cm³/mol. The number of anilines is 2. The first-order chi connectivity index (χ1) is 16.3. The maximum atomic E-state index is 12.9. The van der Waals surface area contributed by atoms with Crippen molar-refractivity contribution < 1.29 is 18.0 Å². The van der Waals surface area contributed by atoms with Crippen LogP contribution >= 0.6 is 23.1 Å². The Labute approximate surface area is 206 Å². The van der Waals surface area contributed by atoms with Gasteiger partial charge in [-0.1, -0.05) is 42.4 Å². The molecular weight excluding hydrogens is 492 g/mol. The summed E-state index contributed by atoms with van der Waals surface area (Å²) in [5.74, 6) is 0.278. The number of amides is 2. The summed E-state index contributed by atoms with van der Waals surface area (Å²) in [6.45, 7) is 0. The molecule has 0 saturated heterocycles. The lowest BCUT2D eigenvalue weighted by atomic mass is 9.96. The van der Waals surface area contributed by atoms with Crippen molar-refractivity contribution in [3.05, 3.63) is 60.0 Å². The standard InChI is InChI=1S/C23H24N4O4S3/c1-34(30,31)21-19(14-32-16-9-3-2-4-10-16)26-23(33-21)27-22(29)25-18-11-12-24-13-17(18)20(28)15-7-5-6-8-15/h2-4,9-13,15H,5-8,14H2,1H3,(H2,24,25,26,27,29). The first kappa shape index (κ1) is 24.4. The molecule has 178 valence electrons. The van der Waals surface area contributed by atoms with Gasteiger partial charge in [0, 0.05) is 35.2 Å². The average Bonchev–Trinajstić information content (AvgIpc) is 3.48. The number of thioether (sulfide) groups is 1. The van der Waals surface area contributed by atoms with E-state index in [4.69, 9.17) is 0 Å². The van der Waals surface area contributed by atoms with E-state index in [1.165, 1.54) is 24.2 Å². The number of hydrogen-bond donors (Lipinski definition) is 2. The van der Waals surface area contributed by atoms with E-state index in [0.717, 1.165) is 48.2 Å². The summed E-state index contributed by atoms with van der Waals surface area (Å²) in [4.78, 5) is 34.9. The zero-order valence-corrected chi connectivity index (χ0v) is 20.9. The van der Waals surface area contributed by atoms with Crippen molar-refractivity contribution in [3.8, 4) is 0 Å². The van der Waals surface area contributed by atoms with Gasteiger partial charge in [0.05, 0.1) is 16.9 Å². The van der Waals surface area contributed by atoms with E-state index < -0.39 is 15.9 Å². The van der Waals surface area contributed by atoms with Crippen LogP contribution in [0.4, 0.5) is 15.6 Å². The molecule has 1 aliphatic rings. The van der Waals surface area contributed by atoms with Crippen LogP contribution in [0.1, 0.15) is 41.7 Å². The summed E-state index contributed by atoms with van der Waals surface area (Å²) in [5, 5.41) is 5.46. The number of Topliss-reactive ketones (excluding diaryl/α,β-unsaturated/α-hetero) is 1. The molecule has 1 aliphatic carbocycles. The Balaban J connectivity index is 1.48. The van der Waals surface area contributed by atoms with Gasteiger partial charge in [0.1, 0.15) is 4.21 Å². The number of benzene rings is 1. The van der Waals surface area contributed by atoms with E-state index in [1.807, 2.05) is 30.3 Å². The van der Waals surface area contributed by atoms with Gasteiger partial charge in [-0.2, -0.15) is 0 Å². The minimum atomic E-state index is -3.52. The molecule has 0 bridgehead atoms. The van der Waals surface area contributed by atoms with Gasteiger partial charge in [0.2, 0.25) is 0 Å². The number of pyridine rings is 1. The van der Waals surface area contributed by atoms with Crippen molar-refractivity contribution in [2.75, 3.05) is 16.9 Å². The molecule has 0 unspecified atom stereocenters. The fraction of sp³-hybridized carbons (Fsp3) is 0.304. The Hall–Kier alpha value is -2.76. The van der Waals surface area contributed by atoms with Gasteiger partial charge in [-0.15, -0.1) is 11.8 Å². The van der Waals surface area contributed by atoms with Crippen molar-refractivity contribution in [2.24, 2.45) is 5.92 Å². The van der Waals surface area contributed by atoms with Crippen LogP contribution in [0.15, 0.2) is 57.9 Å². The van der Waals surface area contributed by atoms with Crippen molar-refractivity contribution in [1.82, 2.24) is 9.97 Å². The van der Waals surface area contributed by atoms with Crippen LogP contribution in [-0.2, 0) is 15.6 Å². The quantitative estimate of drug-likeness (QED) is 0.310. The highest BCUT2D eigenvalue weighted by atomic mass is 32.2. The summed E-state index contributed by atoms with van der Waals surface area (Å²) in [6, 6.07) is 10.6. The molecule has 2 heterocycles.